The molecule has 2 aromatic carbocycles. The summed E-state index contributed by atoms with van der Waals surface area (Å²) < 4.78 is 0. The number of amides is 2. The molecule has 0 aliphatic carbocycles. The van der Waals surface area contributed by atoms with Crippen LogP contribution in [0.1, 0.15) is 6.42 Å². The molecule has 0 radical (unpaired) electrons. The molecule has 0 unspecified atom stereocenters. The number of imide groups is 1. The van der Waals surface area contributed by atoms with E-state index in [9.17, 15) is 9.59 Å². The number of rotatable bonds is 3. The number of nitrogens with zero attached hydrogens (tertiary/aromatic N) is 1. The minimum Gasteiger partial charge on any atom is -0.373 e. The summed E-state index contributed by atoms with van der Waals surface area (Å²) in [4.78, 5) is 25.9. The van der Waals surface area contributed by atoms with Crippen molar-refractivity contribution in [3.05, 3.63) is 57.5 Å². The first-order chi connectivity index (χ1) is 11.0. The molecule has 0 spiro atoms. The van der Waals surface area contributed by atoms with E-state index in [2.05, 4.69) is 5.32 Å². The van der Waals surface area contributed by atoms with Gasteiger partial charge in [0.1, 0.15) is 6.04 Å². The molecule has 1 fully saturated rings. The summed E-state index contributed by atoms with van der Waals surface area (Å²) in [5.41, 5.74) is 1.01. The highest BCUT2D eigenvalue weighted by Crippen LogP contribution is 2.35. The van der Waals surface area contributed by atoms with Gasteiger partial charge in [0, 0.05) is 10.7 Å². The lowest BCUT2D eigenvalue weighted by Gasteiger charge is -2.17. The van der Waals surface area contributed by atoms with Gasteiger partial charge in [-0.05, 0) is 36.4 Å². The normalized spacial score (nSPS) is 17.7. The van der Waals surface area contributed by atoms with Gasteiger partial charge in [0.2, 0.25) is 5.91 Å². The fraction of sp³-hybridized carbons (Fsp3) is 0.125. The van der Waals surface area contributed by atoms with Crippen molar-refractivity contribution in [2.75, 3.05) is 10.2 Å². The van der Waals surface area contributed by atoms with E-state index in [0.717, 1.165) is 4.90 Å². The van der Waals surface area contributed by atoms with E-state index in [1.165, 1.54) is 0 Å². The van der Waals surface area contributed by atoms with E-state index in [1.807, 2.05) is 0 Å². The zero-order chi connectivity index (χ0) is 16.6. The van der Waals surface area contributed by atoms with Crippen molar-refractivity contribution in [3.8, 4) is 0 Å². The van der Waals surface area contributed by atoms with Crippen molar-refractivity contribution in [1.82, 2.24) is 0 Å². The number of hydrogen-bond acceptors (Lipinski definition) is 3. The van der Waals surface area contributed by atoms with Gasteiger partial charge in [0.05, 0.1) is 22.2 Å². The molecule has 7 heteroatoms. The standard InChI is InChI=1S/C16H11Cl3N2O2/c17-9-4-6-10(7-5-9)20-12-8-14(22)21(16(12)23)13-3-1-2-11(18)15(13)19/h1-7,12,20H,8H2/t12-/m1/s1. The quantitative estimate of drug-likeness (QED) is 0.816. The SMILES string of the molecule is O=C1C[C@@H](Nc2ccc(Cl)cc2)C(=O)N1c1cccc(Cl)c1Cl. The maximum Gasteiger partial charge on any atom is 0.256 e. The Morgan fingerprint density at radius 3 is 2.39 bits per heavy atom. The smallest absolute Gasteiger partial charge is 0.256 e. The first-order valence-electron chi connectivity index (χ1n) is 6.80. The van der Waals surface area contributed by atoms with Crippen molar-refractivity contribution in [2.45, 2.75) is 12.5 Å². The van der Waals surface area contributed by atoms with E-state index in [0.29, 0.717) is 21.4 Å². The molecule has 1 N–H and O–H groups in total. The number of carbonyl (C=O) groups is 2. The molecular weight excluding hydrogens is 359 g/mol. The number of benzene rings is 2. The third-order valence-electron chi connectivity index (χ3n) is 3.50. The predicted molar refractivity (Wildman–Crippen MR) is 92.4 cm³/mol. The minimum absolute atomic E-state index is 0.0459. The minimum atomic E-state index is -0.654. The highest BCUT2D eigenvalue weighted by atomic mass is 35.5. The Morgan fingerprint density at radius 2 is 1.70 bits per heavy atom. The summed E-state index contributed by atoms with van der Waals surface area (Å²) >= 11 is 17.9. The average Bonchev–Trinajstić information content (AvgIpc) is 2.79. The number of halogens is 3. The Kier molecular flexibility index (Phi) is 4.48. The molecule has 0 saturated carbocycles. The Balaban J connectivity index is 1.85. The lowest BCUT2D eigenvalue weighted by atomic mass is 10.2. The van der Waals surface area contributed by atoms with E-state index in [1.54, 1.807) is 42.5 Å². The summed E-state index contributed by atoms with van der Waals surface area (Å²) in [5, 5.41) is 4.10. The highest BCUT2D eigenvalue weighted by molar-refractivity contribution is 6.45. The van der Waals surface area contributed by atoms with Crippen LogP contribution in [-0.2, 0) is 9.59 Å². The molecule has 2 amide bonds. The van der Waals surface area contributed by atoms with Gasteiger partial charge < -0.3 is 5.32 Å². The predicted octanol–water partition coefficient (Wildman–Crippen LogP) is 4.39. The fourth-order valence-corrected chi connectivity index (χ4v) is 2.92. The largest absolute Gasteiger partial charge is 0.373 e. The van der Waals surface area contributed by atoms with Crippen molar-refractivity contribution >= 4 is 58.0 Å². The molecule has 2 aromatic rings. The topological polar surface area (TPSA) is 49.4 Å². The van der Waals surface area contributed by atoms with Gasteiger partial charge in [-0.25, -0.2) is 4.90 Å². The van der Waals surface area contributed by atoms with Crippen molar-refractivity contribution in [2.24, 2.45) is 0 Å². The third kappa shape index (κ3) is 3.15. The molecule has 0 aromatic heterocycles. The molecular formula is C16H11Cl3N2O2. The molecule has 1 aliphatic rings. The second-order valence-electron chi connectivity index (χ2n) is 5.05. The highest BCUT2D eigenvalue weighted by Gasteiger charge is 2.40. The Hall–Kier alpha value is -1.75. The summed E-state index contributed by atoms with van der Waals surface area (Å²) in [7, 11) is 0. The first-order valence-corrected chi connectivity index (χ1v) is 7.93. The Bertz CT molecular complexity index is 777. The van der Waals surface area contributed by atoms with Gasteiger partial charge in [-0.3, -0.25) is 9.59 Å². The monoisotopic (exact) mass is 368 g/mol. The summed E-state index contributed by atoms with van der Waals surface area (Å²) in [6.07, 6.45) is 0.0459. The van der Waals surface area contributed by atoms with Crippen LogP contribution < -0.4 is 10.2 Å². The first kappa shape index (κ1) is 16.1. The van der Waals surface area contributed by atoms with Crippen LogP contribution in [0.5, 0.6) is 0 Å². The van der Waals surface area contributed by atoms with E-state index in [-0.39, 0.29) is 23.3 Å². The van der Waals surface area contributed by atoms with Crippen LogP contribution in [0.3, 0.4) is 0 Å². The molecule has 1 saturated heterocycles. The lowest BCUT2D eigenvalue weighted by molar-refractivity contribution is -0.121. The van der Waals surface area contributed by atoms with E-state index >= 15 is 0 Å². The van der Waals surface area contributed by atoms with Crippen molar-refractivity contribution in [1.29, 1.82) is 0 Å². The van der Waals surface area contributed by atoms with Crippen LogP contribution in [-0.4, -0.2) is 17.9 Å². The van der Waals surface area contributed by atoms with Gasteiger partial charge in [0.15, 0.2) is 0 Å². The van der Waals surface area contributed by atoms with Crippen LogP contribution in [0.25, 0.3) is 0 Å². The Labute approximate surface area is 147 Å². The van der Waals surface area contributed by atoms with Crippen LogP contribution in [0.4, 0.5) is 11.4 Å². The van der Waals surface area contributed by atoms with Crippen LogP contribution >= 0.6 is 34.8 Å². The van der Waals surface area contributed by atoms with Crippen molar-refractivity contribution in [3.63, 3.8) is 0 Å². The summed E-state index contributed by atoms with van der Waals surface area (Å²) in [6.45, 7) is 0. The van der Waals surface area contributed by atoms with E-state index in [4.69, 9.17) is 34.8 Å². The fourth-order valence-electron chi connectivity index (χ4n) is 2.41. The zero-order valence-electron chi connectivity index (χ0n) is 11.7. The van der Waals surface area contributed by atoms with Crippen LogP contribution in [0.15, 0.2) is 42.5 Å². The Morgan fingerprint density at radius 1 is 1.00 bits per heavy atom. The number of carbonyl (C=O) groups excluding carboxylic acids is 2. The number of hydrogen-bond donors (Lipinski definition) is 1. The second kappa shape index (κ2) is 6.40. The van der Waals surface area contributed by atoms with Crippen molar-refractivity contribution < 1.29 is 9.59 Å². The molecule has 118 valence electrons. The zero-order valence-corrected chi connectivity index (χ0v) is 14.0. The third-order valence-corrected chi connectivity index (χ3v) is 4.56. The summed E-state index contributed by atoms with van der Waals surface area (Å²) in [5.74, 6) is -0.695. The molecule has 1 aliphatic heterocycles. The lowest BCUT2D eigenvalue weighted by Crippen LogP contribution is -2.35. The van der Waals surface area contributed by atoms with Crippen LogP contribution in [0, 0.1) is 0 Å². The molecule has 3 rings (SSSR count). The molecule has 23 heavy (non-hydrogen) atoms. The summed E-state index contributed by atoms with van der Waals surface area (Å²) in [6, 6.07) is 11.1. The molecule has 4 nitrogen and oxygen atoms in total. The van der Waals surface area contributed by atoms with E-state index < -0.39 is 6.04 Å². The van der Waals surface area contributed by atoms with Gasteiger partial charge in [-0.1, -0.05) is 40.9 Å². The maximum absolute atomic E-state index is 12.6. The van der Waals surface area contributed by atoms with Gasteiger partial charge in [0.25, 0.3) is 5.91 Å². The van der Waals surface area contributed by atoms with Crippen LogP contribution in [0.2, 0.25) is 15.1 Å². The van der Waals surface area contributed by atoms with Gasteiger partial charge in [-0.2, -0.15) is 0 Å². The number of nitrogens with one attached hydrogen (secondary N) is 1. The molecule has 0 bridgehead atoms. The average molecular weight is 370 g/mol. The van der Waals surface area contributed by atoms with Gasteiger partial charge >= 0.3 is 0 Å². The maximum atomic E-state index is 12.6. The molecule has 1 atom stereocenters. The van der Waals surface area contributed by atoms with Gasteiger partial charge in [-0.15, -0.1) is 0 Å². The number of anilines is 2. The molecule has 1 heterocycles. The second-order valence-corrected chi connectivity index (χ2v) is 6.27.